The highest BCUT2D eigenvalue weighted by Gasteiger charge is 2.29. The van der Waals surface area contributed by atoms with E-state index in [1.807, 2.05) is 0 Å². The molecule has 0 amide bonds. The summed E-state index contributed by atoms with van der Waals surface area (Å²) < 4.78 is 0. The summed E-state index contributed by atoms with van der Waals surface area (Å²) in [5, 5.41) is 9.21. The van der Waals surface area contributed by atoms with Crippen LogP contribution in [-0.2, 0) is 4.79 Å². The first-order valence-corrected chi connectivity index (χ1v) is 6.19. The van der Waals surface area contributed by atoms with Crippen LogP contribution in [0.15, 0.2) is 0 Å². The van der Waals surface area contributed by atoms with Crippen molar-refractivity contribution < 1.29 is 9.90 Å². The van der Waals surface area contributed by atoms with Crippen LogP contribution in [0.25, 0.3) is 0 Å². The minimum absolute atomic E-state index is 0.251. The van der Waals surface area contributed by atoms with Crippen molar-refractivity contribution in [3.63, 3.8) is 0 Å². The highest BCUT2D eigenvalue weighted by Crippen LogP contribution is 2.25. The van der Waals surface area contributed by atoms with E-state index in [4.69, 9.17) is 0 Å². The van der Waals surface area contributed by atoms with Crippen molar-refractivity contribution in [3.8, 4) is 0 Å². The molecular weight excluding hydrogens is 190 g/mol. The molecule has 1 aliphatic heterocycles. The molecule has 2 atom stereocenters. The second kappa shape index (κ2) is 5.08. The Morgan fingerprint density at radius 2 is 2.13 bits per heavy atom. The van der Waals surface area contributed by atoms with Gasteiger partial charge in [-0.1, -0.05) is 6.42 Å². The van der Waals surface area contributed by atoms with E-state index >= 15 is 0 Å². The molecule has 3 heteroatoms. The zero-order chi connectivity index (χ0) is 10.7. The highest BCUT2D eigenvalue weighted by molar-refractivity contribution is 5.81. The lowest BCUT2D eigenvalue weighted by molar-refractivity contribution is -0.125. The van der Waals surface area contributed by atoms with Crippen LogP contribution in [0.4, 0.5) is 0 Å². The summed E-state index contributed by atoms with van der Waals surface area (Å²) in [6.45, 7) is 2.21. The maximum absolute atomic E-state index is 11.7. The minimum atomic E-state index is 0.251. The molecule has 1 aliphatic carbocycles. The zero-order valence-electron chi connectivity index (χ0n) is 9.32. The average molecular weight is 211 g/mol. The van der Waals surface area contributed by atoms with Crippen LogP contribution in [0, 0.1) is 5.92 Å². The van der Waals surface area contributed by atoms with Crippen molar-refractivity contribution in [2.24, 2.45) is 5.92 Å². The molecule has 0 aromatic rings. The Bertz CT molecular complexity index is 230. The average Bonchev–Trinajstić information content (AvgIpc) is 2.69. The fourth-order valence-electron chi connectivity index (χ4n) is 2.87. The molecule has 1 heterocycles. The van der Waals surface area contributed by atoms with Crippen LogP contribution < -0.4 is 0 Å². The molecule has 1 unspecified atom stereocenters. The van der Waals surface area contributed by atoms with Gasteiger partial charge >= 0.3 is 0 Å². The van der Waals surface area contributed by atoms with Gasteiger partial charge < -0.3 is 5.11 Å². The number of rotatable bonds is 3. The third-order valence-electron chi connectivity index (χ3n) is 3.85. The van der Waals surface area contributed by atoms with Gasteiger partial charge in [0, 0.05) is 24.9 Å². The van der Waals surface area contributed by atoms with E-state index < -0.39 is 0 Å². The van der Waals surface area contributed by atoms with E-state index in [9.17, 15) is 9.90 Å². The minimum Gasteiger partial charge on any atom is -0.395 e. The number of hydrogen-bond acceptors (Lipinski definition) is 3. The van der Waals surface area contributed by atoms with Crippen LogP contribution in [0.1, 0.15) is 38.5 Å². The van der Waals surface area contributed by atoms with Gasteiger partial charge in [0.2, 0.25) is 0 Å². The van der Waals surface area contributed by atoms with Crippen molar-refractivity contribution in [2.75, 3.05) is 19.7 Å². The lowest BCUT2D eigenvalue weighted by Crippen LogP contribution is -2.39. The van der Waals surface area contributed by atoms with Gasteiger partial charge in [0.15, 0.2) is 0 Å². The molecule has 1 saturated heterocycles. The topological polar surface area (TPSA) is 40.5 Å². The van der Waals surface area contributed by atoms with Gasteiger partial charge in [0.1, 0.15) is 5.78 Å². The van der Waals surface area contributed by atoms with Crippen LogP contribution in [0.2, 0.25) is 0 Å². The Hall–Kier alpha value is -0.410. The van der Waals surface area contributed by atoms with Gasteiger partial charge in [0.25, 0.3) is 0 Å². The summed E-state index contributed by atoms with van der Waals surface area (Å²) in [6.07, 6.45) is 6.39. The van der Waals surface area contributed by atoms with Gasteiger partial charge in [-0.2, -0.15) is 0 Å². The predicted molar refractivity (Wildman–Crippen MR) is 58.6 cm³/mol. The number of Topliss-reactive ketones (excluding diaryl/α,β-unsaturated/α-hetero) is 1. The Balaban J connectivity index is 1.86. The third-order valence-corrected chi connectivity index (χ3v) is 3.85. The molecule has 86 valence electrons. The number of aliphatic hydroxyl groups excluding tert-OH is 1. The fourth-order valence-corrected chi connectivity index (χ4v) is 2.87. The Morgan fingerprint density at radius 1 is 1.27 bits per heavy atom. The van der Waals surface area contributed by atoms with E-state index in [1.165, 1.54) is 12.8 Å². The molecule has 2 aliphatic rings. The summed E-state index contributed by atoms with van der Waals surface area (Å²) in [5.41, 5.74) is 0. The molecule has 0 aromatic heterocycles. The van der Waals surface area contributed by atoms with E-state index in [0.29, 0.717) is 11.8 Å². The van der Waals surface area contributed by atoms with Gasteiger partial charge in [-0.25, -0.2) is 0 Å². The molecule has 1 saturated carbocycles. The van der Waals surface area contributed by atoms with E-state index in [2.05, 4.69) is 4.90 Å². The van der Waals surface area contributed by atoms with Crippen LogP contribution >= 0.6 is 0 Å². The van der Waals surface area contributed by atoms with Crippen LogP contribution in [0.3, 0.4) is 0 Å². The number of carbonyl (C=O) groups is 1. The number of hydrogen-bond donors (Lipinski definition) is 1. The van der Waals surface area contributed by atoms with Crippen molar-refractivity contribution >= 4 is 5.78 Å². The molecule has 0 radical (unpaired) electrons. The van der Waals surface area contributed by atoms with Gasteiger partial charge in [-0.3, -0.25) is 9.69 Å². The Kier molecular flexibility index (Phi) is 3.76. The van der Waals surface area contributed by atoms with Crippen molar-refractivity contribution in [1.82, 2.24) is 4.90 Å². The van der Waals surface area contributed by atoms with Crippen LogP contribution in [0.5, 0.6) is 0 Å². The standard InChI is InChI=1S/C12H21NO2/c14-9-11-5-3-7-13(11)8-10-4-1-2-6-12(10)15/h10-11,14H,1-9H2/t10?,11-/m0/s1. The first-order chi connectivity index (χ1) is 7.31. The van der Waals surface area contributed by atoms with E-state index in [-0.39, 0.29) is 12.5 Å². The number of nitrogens with zero attached hydrogens (tertiary/aromatic N) is 1. The summed E-state index contributed by atoms with van der Waals surface area (Å²) >= 11 is 0. The summed E-state index contributed by atoms with van der Waals surface area (Å²) in [5.74, 6) is 0.704. The number of aliphatic hydroxyl groups is 1. The van der Waals surface area contributed by atoms with Crippen LogP contribution in [-0.4, -0.2) is 41.5 Å². The number of likely N-dealkylation sites (tertiary alicyclic amines) is 1. The quantitative estimate of drug-likeness (QED) is 0.762. The van der Waals surface area contributed by atoms with Crippen molar-refractivity contribution in [3.05, 3.63) is 0 Å². The van der Waals surface area contributed by atoms with E-state index in [0.717, 1.165) is 38.8 Å². The first-order valence-electron chi connectivity index (χ1n) is 6.19. The molecule has 15 heavy (non-hydrogen) atoms. The first kappa shape index (κ1) is 11.1. The second-order valence-corrected chi connectivity index (χ2v) is 4.88. The van der Waals surface area contributed by atoms with E-state index in [1.54, 1.807) is 0 Å². The number of ketones is 1. The van der Waals surface area contributed by atoms with Crippen molar-refractivity contribution in [2.45, 2.75) is 44.6 Å². The normalized spacial score (nSPS) is 33.5. The number of carbonyl (C=O) groups excluding carboxylic acids is 1. The smallest absolute Gasteiger partial charge is 0.137 e. The van der Waals surface area contributed by atoms with Crippen molar-refractivity contribution in [1.29, 1.82) is 0 Å². The maximum atomic E-state index is 11.7. The SMILES string of the molecule is O=C1CCCCC1CN1CCC[C@H]1CO. The van der Waals surface area contributed by atoms with Gasteiger partial charge in [-0.15, -0.1) is 0 Å². The molecular formula is C12H21NO2. The lowest BCUT2D eigenvalue weighted by atomic mass is 9.87. The molecule has 0 aromatic carbocycles. The second-order valence-electron chi connectivity index (χ2n) is 4.88. The highest BCUT2D eigenvalue weighted by atomic mass is 16.3. The van der Waals surface area contributed by atoms with Gasteiger partial charge in [-0.05, 0) is 32.2 Å². The third kappa shape index (κ3) is 2.58. The molecule has 0 spiro atoms. The fraction of sp³-hybridized carbons (Fsp3) is 0.917. The largest absolute Gasteiger partial charge is 0.395 e. The Morgan fingerprint density at radius 3 is 2.87 bits per heavy atom. The molecule has 2 fully saturated rings. The zero-order valence-corrected chi connectivity index (χ0v) is 9.32. The summed E-state index contributed by atoms with van der Waals surface area (Å²) in [6, 6.07) is 0.319. The molecule has 3 nitrogen and oxygen atoms in total. The Labute approximate surface area is 91.5 Å². The lowest BCUT2D eigenvalue weighted by Gasteiger charge is -2.29. The summed E-state index contributed by atoms with van der Waals surface area (Å²) in [4.78, 5) is 14.0. The molecule has 2 rings (SSSR count). The predicted octanol–water partition coefficient (Wildman–Crippen LogP) is 1.20. The molecule has 1 N–H and O–H groups in total. The maximum Gasteiger partial charge on any atom is 0.137 e. The molecule has 0 bridgehead atoms. The van der Waals surface area contributed by atoms with Gasteiger partial charge in [0.05, 0.1) is 6.61 Å². The monoisotopic (exact) mass is 211 g/mol. The summed E-state index contributed by atoms with van der Waals surface area (Å²) in [7, 11) is 0.